The van der Waals surface area contributed by atoms with Crippen LogP contribution >= 0.6 is 0 Å². The summed E-state index contributed by atoms with van der Waals surface area (Å²) in [5.74, 6) is 1.48. The van der Waals surface area contributed by atoms with E-state index < -0.39 is 17.1 Å². The Kier molecular flexibility index (Phi) is 4.86. The van der Waals surface area contributed by atoms with Gasteiger partial charge >= 0.3 is 0 Å². The van der Waals surface area contributed by atoms with Gasteiger partial charge in [0.1, 0.15) is 0 Å². The quantitative estimate of drug-likeness (QED) is 0.472. The van der Waals surface area contributed by atoms with Crippen molar-refractivity contribution in [1.29, 1.82) is 0 Å². The van der Waals surface area contributed by atoms with Gasteiger partial charge in [0.25, 0.3) is 0 Å². The lowest BCUT2D eigenvalue weighted by molar-refractivity contribution is -0.154. The van der Waals surface area contributed by atoms with Gasteiger partial charge in [-0.05, 0) is 39.5 Å². The molecule has 0 amide bonds. The Balaban J connectivity index is 2.32. The van der Waals surface area contributed by atoms with Crippen LogP contribution in [0.1, 0.15) is 94.2 Å². The number of fused-ring (bicyclic) bond motifs is 2. The molecule has 1 heterocycles. The van der Waals surface area contributed by atoms with Crippen molar-refractivity contribution < 1.29 is 14.3 Å². The largest absolute Gasteiger partial charge is 0.477 e. The zero-order chi connectivity index (χ0) is 23.1. The van der Waals surface area contributed by atoms with Crippen LogP contribution in [0.15, 0.2) is 23.8 Å². The maximum atomic E-state index is 13.5. The zero-order valence-electron chi connectivity index (χ0n) is 21.0. The van der Waals surface area contributed by atoms with Crippen LogP contribution in [-0.2, 0) is 15.6 Å². The molecular formula is C27H40O3. The normalized spacial score (nSPS) is 24.6. The van der Waals surface area contributed by atoms with E-state index in [1.165, 1.54) is 5.56 Å². The molecule has 1 aliphatic carbocycles. The van der Waals surface area contributed by atoms with Crippen LogP contribution in [0.3, 0.4) is 0 Å². The first-order valence-corrected chi connectivity index (χ1v) is 11.1. The Hall–Kier alpha value is -1.77. The van der Waals surface area contributed by atoms with Gasteiger partial charge in [0, 0.05) is 11.0 Å². The summed E-state index contributed by atoms with van der Waals surface area (Å²) in [7, 11) is 0. The van der Waals surface area contributed by atoms with E-state index in [9.17, 15) is 4.79 Å². The summed E-state index contributed by atoms with van der Waals surface area (Å²) < 4.78 is 13.6. The van der Waals surface area contributed by atoms with Gasteiger partial charge in [-0.1, -0.05) is 89.2 Å². The maximum absolute atomic E-state index is 13.5. The first-order valence-electron chi connectivity index (χ1n) is 11.1. The third-order valence-electron chi connectivity index (χ3n) is 6.52. The average molecular weight is 413 g/mol. The third kappa shape index (κ3) is 3.39. The predicted octanol–water partition coefficient (Wildman–Crippen LogP) is 6.76. The number of ether oxygens (including phenoxy) is 2. The van der Waals surface area contributed by atoms with E-state index in [4.69, 9.17) is 9.47 Å². The number of hydrogen-bond donors (Lipinski definition) is 0. The fourth-order valence-corrected chi connectivity index (χ4v) is 4.53. The molecule has 0 radical (unpaired) electrons. The lowest BCUT2D eigenvalue weighted by Crippen LogP contribution is -2.63. The standard InChI is InChI=1S/C27H40O3/c1-23(2,3)16-13-17(24(4,5)6)21-19(14-16)30-27(26(10,11)12)20(28)15-18(22(27)29-21)25(7,8)9/h13-15,22H,1-12H3. The predicted molar refractivity (Wildman–Crippen MR) is 124 cm³/mol. The smallest absolute Gasteiger partial charge is 0.216 e. The minimum absolute atomic E-state index is 0.00838. The number of benzene rings is 1. The van der Waals surface area contributed by atoms with Crippen LogP contribution in [0.2, 0.25) is 0 Å². The highest BCUT2D eigenvalue weighted by atomic mass is 16.6. The molecule has 0 saturated heterocycles. The topological polar surface area (TPSA) is 35.5 Å². The summed E-state index contributed by atoms with van der Waals surface area (Å²) in [4.78, 5) is 13.5. The molecule has 1 aliphatic heterocycles. The number of hydrogen-bond acceptors (Lipinski definition) is 3. The van der Waals surface area contributed by atoms with Crippen molar-refractivity contribution >= 4 is 5.78 Å². The molecule has 0 fully saturated rings. The molecule has 2 aliphatic rings. The Morgan fingerprint density at radius 3 is 1.80 bits per heavy atom. The maximum Gasteiger partial charge on any atom is 0.216 e. The van der Waals surface area contributed by atoms with Crippen LogP contribution in [0.4, 0.5) is 0 Å². The fraction of sp³-hybridized carbons (Fsp3) is 0.667. The molecule has 0 saturated carbocycles. The highest BCUT2D eigenvalue weighted by Crippen LogP contribution is 2.56. The molecule has 0 bridgehead atoms. The first kappa shape index (κ1) is 22.9. The second-order valence-electron chi connectivity index (χ2n) is 13.2. The Labute approximate surface area is 183 Å². The lowest BCUT2D eigenvalue weighted by atomic mass is 9.69. The molecule has 30 heavy (non-hydrogen) atoms. The van der Waals surface area contributed by atoms with E-state index in [0.717, 1.165) is 16.9 Å². The fourth-order valence-electron chi connectivity index (χ4n) is 4.53. The highest BCUT2D eigenvalue weighted by molar-refractivity contribution is 6.03. The molecule has 1 aromatic carbocycles. The number of ketones is 1. The van der Waals surface area contributed by atoms with Crippen LogP contribution in [0.5, 0.6) is 11.5 Å². The number of rotatable bonds is 0. The van der Waals surface area contributed by atoms with E-state index in [1.807, 2.05) is 0 Å². The lowest BCUT2D eigenvalue weighted by Gasteiger charge is -2.50. The van der Waals surface area contributed by atoms with E-state index >= 15 is 0 Å². The van der Waals surface area contributed by atoms with Crippen LogP contribution < -0.4 is 9.47 Å². The van der Waals surface area contributed by atoms with E-state index in [2.05, 4.69) is 95.2 Å². The molecule has 0 aromatic heterocycles. The van der Waals surface area contributed by atoms with Gasteiger partial charge in [-0.2, -0.15) is 0 Å². The molecule has 2 unspecified atom stereocenters. The Morgan fingerprint density at radius 2 is 1.37 bits per heavy atom. The Bertz CT molecular complexity index is 908. The molecule has 3 heteroatoms. The first-order chi connectivity index (χ1) is 13.3. The zero-order valence-corrected chi connectivity index (χ0v) is 21.0. The highest BCUT2D eigenvalue weighted by Gasteiger charge is 2.65. The molecule has 0 N–H and O–H groups in total. The second kappa shape index (κ2) is 6.37. The van der Waals surface area contributed by atoms with Crippen LogP contribution in [0, 0.1) is 10.8 Å². The van der Waals surface area contributed by atoms with Crippen molar-refractivity contribution in [2.75, 3.05) is 0 Å². The van der Waals surface area contributed by atoms with Crippen molar-refractivity contribution in [3.05, 3.63) is 34.9 Å². The summed E-state index contributed by atoms with van der Waals surface area (Å²) in [6.45, 7) is 25.8. The van der Waals surface area contributed by atoms with Crippen molar-refractivity contribution in [2.45, 2.75) is 106 Å². The van der Waals surface area contributed by atoms with Crippen molar-refractivity contribution in [3.63, 3.8) is 0 Å². The molecule has 3 nitrogen and oxygen atoms in total. The van der Waals surface area contributed by atoms with E-state index in [1.54, 1.807) is 6.08 Å². The second-order valence-corrected chi connectivity index (χ2v) is 13.2. The minimum atomic E-state index is -1.06. The van der Waals surface area contributed by atoms with Gasteiger partial charge in [0.05, 0.1) is 0 Å². The van der Waals surface area contributed by atoms with E-state index in [-0.39, 0.29) is 22.0 Å². The number of carbonyl (C=O) groups excluding carboxylic acids is 1. The molecule has 166 valence electrons. The van der Waals surface area contributed by atoms with Crippen LogP contribution in [0.25, 0.3) is 0 Å². The summed E-state index contributed by atoms with van der Waals surface area (Å²) in [5.41, 5.74) is 1.47. The monoisotopic (exact) mass is 412 g/mol. The molecule has 3 rings (SSSR count). The van der Waals surface area contributed by atoms with Gasteiger partial charge in [-0.3, -0.25) is 4.79 Å². The summed E-state index contributed by atoms with van der Waals surface area (Å²) in [5, 5.41) is 0. The summed E-state index contributed by atoms with van der Waals surface area (Å²) in [6, 6.07) is 4.33. The van der Waals surface area contributed by atoms with E-state index in [0.29, 0.717) is 5.75 Å². The number of carbonyl (C=O) groups is 1. The van der Waals surface area contributed by atoms with Crippen molar-refractivity contribution in [1.82, 2.24) is 0 Å². The minimum Gasteiger partial charge on any atom is -0.477 e. The van der Waals surface area contributed by atoms with Crippen molar-refractivity contribution in [3.8, 4) is 11.5 Å². The third-order valence-corrected chi connectivity index (χ3v) is 6.52. The van der Waals surface area contributed by atoms with Crippen molar-refractivity contribution in [2.24, 2.45) is 10.8 Å². The van der Waals surface area contributed by atoms with Gasteiger partial charge in [-0.25, -0.2) is 0 Å². The van der Waals surface area contributed by atoms with Gasteiger partial charge in [0.2, 0.25) is 11.4 Å². The SMILES string of the molecule is CC(C)(C)C1=CC(=O)C2(C(C)(C)C)Oc3cc(C(C)(C)C)cc(C(C)(C)C)c3OC12. The molecular weight excluding hydrogens is 372 g/mol. The Morgan fingerprint density at radius 1 is 0.800 bits per heavy atom. The molecule has 0 spiro atoms. The molecule has 1 aromatic rings. The van der Waals surface area contributed by atoms with Crippen LogP contribution in [-0.4, -0.2) is 17.5 Å². The van der Waals surface area contributed by atoms with Gasteiger partial charge in [0.15, 0.2) is 17.6 Å². The van der Waals surface area contributed by atoms with Gasteiger partial charge < -0.3 is 9.47 Å². The average Bonchev–Trinajstić information content (AvgIpc) is 2.83. The van der Waals surface area contributed by atoms with Gasteiger partial charge in [-0.15, -0.1) is 0 Å². The summed E-state index contributed by atoms with van der Waals surface area (Å²) in [6.07, 6.45) is 1.35. The molecule has 2 atom stereocenters. The summed E-state index contributed by atoms with van der Waals surface area (Å²) >= 11 is 0.